The molecule has 0 radical (unpaired) electrons. The summed E-state index contributed by atoms with van der Waals surface area (Å²) in [6.45, 7) is 6.08. The minimum atomic E-state index is 0.545. The van der Waals surface area contributed by atoms with Gasteiger partial charge in [-0.25, -0.2) is 0 Å². The van der Waals surface area contributed by atoms with Gasteiger partial charge in [0.1, 0.15) is 0 Å². The van der Waals surface area contributed by atoms with Gasteiger partial charge in [-0.15, -0.1) is 0 Å². The van der Waals surface area contributed by atoms with Crippen LogP contribution in [0, 0.1) is 0 Å². The van der Waals surface area contributed by atoms with Gasteiger partial charge in [-0.1, -0.05) is 13.0 Å². The fraction of sp³-hybridized carbons (Fsp3) is 0.600. The third kappa shape index (κ3) is 4.49. The van der Waals surface area contributed by atoms with Gasteiger partial charge in [-0.05, 0) is 38.1 Å². The second-order valence-corrected chi connectivity index (χ2v) is 5.15. The van der Waals surface area contributed by atoms with Crippen LogP contribution in [0.25, 0.3) is 0 Å². The number of nitrogens with two attached hydrogens (primary N) is 1. The van der Waals surface area contributed by atoms with Gasteiger partial charge < -0.3 is 11.1 Å². The molecule has 5 heteroatoms. The highest BCUT2D eigenvalue weighted by Crippen LogP contribution is 2.16. The highest BCUT2D eigenvalue weighted by Gasteiger charge is 2.22. The molecule has 3 N–H and O–H groups in total. The van der Waals surface area contributed by atoms with E-state index in [1.54, 1.807) is 0 Å². The fourth-order valence-electron chi connectivity index (χ4n) is 2.64. The van der Waals surface area contributed by atoms with Gasteiger partial charge in [-0.2, -0.15) is 0 Å². The van der Waals surface area contributed by atoms with Gasteiger partial charge in [0.2, 0.25) is 0 Å². The van der Waals surface area contributed by atoms with Crippen LogP contribution < -0.4 is 11.1 Å². The van der Waals surface area contributed by atoms with Gasteiger partial charge in [0.15, 0.2) is 5.96 Å². The Bertz CT molecular complexity index is 418. The molecule has 1 unspecified atom stereocenters. The largest absolute Gasteiger partial charge is 0.370 e. The number of likely N-dealkylation sites (tertiary alicyclic amines) is 1. The lowest BCUT2D eigenvalue weighted by Crippen LogP contribution is -2.36. The number of rotatable bonds is 6. The molecule has 1 fully saturated rings. The van der Waals surface area contributed by atoms with E-state index in [2.05, 4.69) is 27.1 Å². The van der Waals surface area contributed by atoms with E-state index in [4.69, 9.17) is 5.73 Å². The Balaban J connectivity index is 1.69. The van der Waals surface area contributed by atoms with E-state index in [1.165, 1.54) is 19.4 Å². The second kappa shape index (κ2) is 7.85. The van der Waals surface area contributed by atoms with Gasteiger partial charge in [0, 0.05) is 30.9 Å². The van der Waals surface area contributed by atoms with Gasteiger partial charge in [-0.3, -0.25) is 14.9 Å². The second-order valence-electron chi connectivity index (χ2n) is 5.15. The molecule has 0 amide bonds. The maximum Gasteiger partial charge on any atom is 0.188 e. The summed E-state index contributed by atoms with van der Waals surface area (Å²) in [5, 5.41) is 3.16. The molecule has 1 aromatic rings. The summed E-state index contributed by atoms with van der Waals surface area (Å²) in [7, 11) is 0. The van der Waals surface area contributed by atoms with E-state index >= 15 is 0 Å². The van der Waals surface area contributed by atoms with Crippen molar-refractivity contribution in [2.75, 3.05) is 26.2 Å². The number of likely N-dealkylation sites (N-methyl/N-ethyl adjacent to an activating group) is 1. The molecule has 1 aromatic heterocycles. The molecule has 0 spiro atoms. The molecule has 0 aliphatic carbocycles. The third-order valence-electron chi connectivity index (χ3n) is 3.79. The van der Waals surface area contributed by atoms with E-state index in [0.717, 1.165) is 31.7 Å². The molecule has 0 bridgehead atoms. The molecule has 0 aromatic carbocycles. The number of guanidine groups is 1. The molecular weight excluding hydrogens is 250 g/mol. The van der Waals surface area contributed by atoms with Crippen LogP contribution in [0.1, 0.15) is 25.5 Å². The van der Waals surface area contributed by atoms with Crippen molar-refractivity contribution in [3.05, 3.63) is 30.1 Å². The van der Waals surface area contributed by atoms with Crippen molar-refractivity contribution in [1.29, 1.82) is 0 Å². The minimum Gasteiger partial charge on any atom is -0.370 e. The van der Waals surface area contributed by atoms with E-state index in [9.17, 15) is 0 Å². The van der Waals surface area contributed by atoms with Crippen LogP contribution in [-0.4, -0.2) is 48.1 Å². The predicted octanol–water partition coefficient (Wildman–Crippen LogP) is 1.01. The first kappa shape index (κ1) is 14.8. The summed E-state index contributed by atoms with van der Waals surface area (Å²) >= 11 is 0. The van der Waals surface area contributed by atoms with Crippen LogP contribution in [-0.2, 0) is 6.42 Å². The zero-order chi connectivity index (χ0) is 14.2. The third-order valence-corrected chi connectivity index (χ3v) is 3.79. The van der Waals surface area contributed by atoms with Crippen LogP contribution >= 0.6 is 0 Å². The van der Waals surface area contributed by atoms with E-state index in [-0.39, 0.29) is 0 Å². The maximum atomic E-state index is 5.90. The molecular formula is C15H25N5. The Morgan fingerprint density at radius 3 is 3.20 bits per heavy atom. The Labute approximate surface area is 121 Å². The Morgan fingerprint density at radius 2 is 2.45 bits per heavy atom. The molecule has 1 aliphatic heterocycles. The summed E-state index contributed by atoms with van der Waals surface area (Å²) in [5.41, 5.74) is 6.97. The monoisotopic (exact) mass is 275 g/mol. The lowest BCUT2D eigenvalue weighted by molar-refractivity contribution is 0.273. The number of pyridine rings is 1. The Morgan fingerprint density at radius 1 is 1.55 bits per heavy atom. The van der Waals surface area contributed by atoms with Crippen LogP contribution in [0.5, 0.6) is 0 Å². The van der Waals surface area contributed by atoms with Crippen LogP contribution in [0.2, 0.25) is 0 Å². The molecule has 1 atom stereocenters. The lowest BCUT2D eigenvalue weighted by atomic mass is 10.2. The van der Waals surface area contributed by atoms with Gasteiger partial charge >= 0.3 is 0 Å². The van der Waals surface area contributed by atoms with E-state index in [0.29, 0.717) is 12.0 Å². The van der Waals surface area contributed by atoms with Crippen molar-refractivity contribution in [3.63, 3.8) is 0 Å². The number of nitrogens with zero attached hydrogens (tertiary/aromatic N) is 3. The Kier molecular flexibility index (Phi) is 5.80. The maximum absolute atomic E-state index is 5.90. The van der Waals surface area contributed by atoms with Crippen molar-refractivity contribution in [3.8, 4) is 0 Å². The van der Waals surface area contributed by atoms with Crippen LogP contribution in [0.4, 0.5) is 0 Å². The fourth-order valence-corrected chi connectivity index (χ4v) is 2.64. The summed E-state index contributed by atoms with van der Waals surface area (Å²) in [4.78, 5) is 11.2. The molecule has 1 saturated heterocycles. The molecule has 5 nitrogen and oxygen atoms in total. The topological polar surface area (TPSA) is 66.5 Å². The number of aliphatic imine (C=N–C) groups is 1. The van der Waals surface area contributed by atoms with Gasteiger partial charge in [0.25, 0.3) is 0 Å². The summed E-state index contributed by atoms with van der Waals surface area (Å²) in [5.74, 6) is 0.545. The van der Waals surface area contributed by atoms with Crippen molar-refractivity contribution in [2.45, 2.75) is 32.2 Å². The highest BCUT2D eigenvalue weighted by molar-refractivity contribution is 5.77. The summed E-state index contributed by atoms with van der Waals surface area (Å²) in [6, 6.07) is 6.51. The molecule has 2 rings (SSSR count). The smallest absolute Gasteiger partial charge is 0.188 e. The minimum absolute atomic E-state index is 0.545. The number of hydrogen-bond acceptors (Lipinski definition) is 3. The molecule has 2 heterocycles. The summed E-state index contributed by atoms with van der Waals surface area (Å²) in [6.07, 6.45) is 5.19. The molecule has 110 valence electrons. The van der Waals surface area contributed by atoms with Crippen LogP contribution in [0.15, 0.2) is 29.4 Å². The standard InChI is InChI=1S/C15H25N5/c1-2-20-11-5-7-14(20)12-19-15(16)18-10-8-13-6-3-4-9-17-13/h3-4,6,9,14H,2,5,7-8,10-12H2,1H3,(H3,16,18,19). The SMILES string of the molecule is CCN1CCCC1CN=C(N)NCCc1ccccn1. The summed E-state index contributed by atoms with van der Waals surface area (Å²) < 4.78 is 0. The first-order chi connectivity index (χ1) is 9.79. The zero-order valence-corrected chi connectivity index (χ0v) is 12.3. The number of hydrogen-bond donors (Lipinski definition) is 2. The molecule has 1 aliphatic rings. The number of aromatic nitrogens is 1. The van der Waals surface area contributed by atoms with Gasteiger partial charge in [0.05, 0.1) is 6.54 Å². The van der Waals surface area contributed by atoms with E-state index in [1.807, 2.05) is 24.4 Å². The Hall–Kier alpha value is -1.62. The normalized spacial score (nSPS) is 20.2. The quantitative estimate of drug-likeness (QED) is 0.601. The van der Waals surface area contributed by atoms with Crippen molar-refractivity contribution < 1.29 is 0 Å². The average molecular weight is 275 g/mol. The van der Waals surface area contributed by atoms with Crippen molar-refractivity contribution in [2.24, 2.45) is 10.7 Å². The molecule has 20 heavy (non-hydrogen) atoms. The van der Waals surface area contributed by atoms with Crippen LogP contribution in [0.3, 0.4) is 0 Å². The van der Waals surface area contributed by atoms with Crippen molar-refractivity contribution in [1.82, 2.24) is 15.2 Å². The van der Waals surface area contributed by atoms with Crippen molar-refractivity contribution >= 4 is 5.96 Å². The first-order valence-corrected chi connectivity index (χ1v) is 7.47. The first-order valence-electron chi connectivity index (χ1n) is 7.47. The molecule has 0 saturated carbocycles. The highest BCUT2D eigenvalue weighted by atomic mass is 15.2. The average Bonchev–Trinajstić information content (AvgIpc) is 2.94. The lowest BCUT2D eigenvalue weighted by Gasteiger charge is -2.20. The zero-order valence-electron chi connectivity index (χ0n) is 12.3. The number of nitrogens with one attached hydrogen (secondary N) is 1. The van der Waals surface area contributed by atoms with E-state index < -0.39 is 0 Å². The predicted molar refractivity (Wildman–Crippen MR) is 82.7 cm³/mol.